The molecule has 17 heavy (non-hydrogen) atoms. The van der Waals surface area contributed by atoms with E-state index in [1.54, 1.807) is 6.07 Å². The van der Waals surface area contributed by atoms with E-state index in [9.17, 15) is 4.39 Å². The second-order valence-corrected chi connectivity index (χ2v) is 5.48. The van der Waals surface area contributed by atoms with Crippen LogP contribution in [0, 0.1) is 11.7 Å². The number of hydrogen-bond donors (Lipinski definition) is 1. The Morgan fingerprint density at radius 3 is 2.59 bits per heavy atom. The molecular weight excluding hydrogens is 239 g/mol. The van der Waals surface area contributed by atoms with Crippen molar-refractivity contribution in [1.82, 2.24) is 4.90 Å². The molecule has 3 aliphatic rings. The molecule has 0 saturated carbocycles. The Morgan fingerprint density at radius 2 is 2.00 bits per heavy atom. The molecule has 1 unspecified atom stereocenters. The van der Waals surface area contributed by atoms with E-state index in [2.05, 4.69) is 10.2 Å². The lowest BCUT2D eigenvalue weighted by atomic mass is 9.84. The lowest BCUT2D eigenvalue weighted by Gasteiger charge is -2.45. The number of piperidine rings is 3. The van der Waals surface area contributed by atoms with Gasteiger partial charge >= 0.3 is 0 Å². The summed E-state index contributed by atoms with van der Waals surface area (Å²) in [6, 6.07) is 5.09. The van der Waals surface area contributed by atoms with Crippen LogP contribution in [0.5, 0.6) is 0 Å². The molecule has 1 atom stereocenters. The zero-order valence-corrected chi connectivity index (χ0v) is 10.4. The number of benzene rings is 1. The maximum atomic E-state index is 13.2. The first-order valence-electron chi connectivity index (χ1n) is 6.16. The Bertz CT molecular complexity index is 396. The fourth-order valence-corrected chi connectivity index (χ4v) is 3.20. The van der Waals surface area contributed by atoms with Gasteiger partial charge in [0.15, 0.2) is 0 Å². The summed E-state index contributed by atoms with van der Waals surface area (Å²) in [5.74, 6) is 0.448. The molecule has 0 aliphatic carbocycles. The van der Waals surface area contributed by atoms with Crippen molar-refractivity contribution in [2.45, 2.75) is 18.9 Å². The summed E-state index contributed by atoms with van der Waals surface area (Å²) < 4.78 is 13.2. The van der Waals surface area contributed by atoms with Crippen LogP contribution in [-0.4, -0.2) is 30.6 Å². The van der Waals surface area contributed by atoms with E-state index in [0.717, 1.165) is 18.2 Å². The minimum absolute atomic E-state index is 0.277. The molecule has 3 aliphatic heterocycles. The largest absolute Gasteiger partial charge is 0.381 e. The predicted molar refractivity (Wildman–Crippen MR) is 68.0 cm³/mol. The number of fused-ring (bicyclic) bond motifs is 3. The summed E-state index contributed by atoms with van der Waals surface area (Å²) in [7, 11) is 0. The molecule has 0 spiro atoms. The molecule has 0 radical (unpaired) electrons. The van der Waals surface area contributed by atoms with E-state index in [1.807, 2.05) is 0 Å². The average molecular weight is 255 g/mol. The quantitative estimate of drug-likeness (QED) is 0.873. The van der Waals surface area contributed by atoms with Crippen LogP contribution in [0.4, 0.5) is 10.1 Å². The fourth-order valence-electron chi connectivity index (χ4n) is 2.98. The molecule has 2 nitrogen and oxygen atoms in total. The molecule has 3 fully saturated rings. The van der Waals surface area contributed by atoms with Crippen molar-refractivity contribution in [1.29, 1.82) is 0 Å². The molecule has 2 bridgehead atoms. The first-order valence-corrected chi connectivity index (χ1v) is 6.53. The standard InChI is InChI=1S/C13H16ClFN2/c14-10-5-11(15)7-12(6-10)16-13-8-17-3-1-9(13)2-4-17/h5-7,9,13,16H,1-4,8H2. The molecule has 1 aromatic rings. The highest BCUT2D eigenvalue weighted by Crippen LogP contribution is 2.30. The lowest BCUT2D eigenvalue weighted by molar-refractivity contribution is 0.0975. The highest BCUT2D eigenvalue weighted by molar-refractivity contribution is 6.30. The Labute approximate surface area is 106 Å². The van der Waals surface area contributed by atoms with Crippen LogP contribution in [0.2, 0.25) is 5.02 Å². The second kappa shape index (κ2) is 4.46. The van der Waals surface area contributed by atoms with Crippen molar-refractivity contribution < 1.29 is 4.39 Å². The van der Waals surface area contributed by atoms with Crippen LogP contribution in [-0.2, 0) is 0 Å². The van der Waals surface area contributed by atoms with E-state index in [0.29, 0.717) is 11.1 Å². The molecule has 92 valence electrons. The Balaban J connectivity index is 1.74. The average Bonchev–Trinajstić information content (AvgIpc) is 2.29. The monoisotopic (exact) mass is 254 g/mol. The van der Waals surface area contributed by atoms with Gasteiger partial charge in [-0.1, -0.05) is 11.6 Å². The first kappa shape index (κ1) is 11.3. The van der Waals surface area contributed by atoms with E-state index in [-0.39, 0.29) is 5.82 Å². The number of hydrogen-bond acceptors (Lipinski definition) is 2. The summed E-state index contributed by atoms with van der Waals surface area (Å²) in [6.07, 6.45) is 2.50. The smallest absolute Gasteiger partial charge is 0.126 e. The van der Waals surface area contributed by atoms with Crippen molar-refractivity contribution in [3.63, 3.8) is 0 Å². The van der Waals surface area contributed by atoms with Gasteiger partial charge in [0, 0.05) is 23.3 Å². The summed E-state index contributed by atoms with van der Waals surface area (Å²) >= 11 is 5.86. The molecule has 3 heterocycles. The van der Waals surface area contributed by atoms with Crippen LogP contribution in [0.25, 0.3) is 0 Å². The lowest BCUT2D eigenvalue weighted by Crippen LogP contribution is -2.53. The van der Waals surface area contributed by atoms with Crippen molar-refractivity contribution in [2.75, 3.05) is 25.0 Å². The Hall–Kier alpha value is -0.800. The van der Waals surface area contributed by atoms with Crippen molar-refractivity contribution in [3.05, 3.63) is 29.0 Å². The van der Waals surface area contributed by atoms with Crippen LogP contribution >= 0.6 is 11.6 Å². The molecule has 0 aromatic heterocycles. The molecule has 1 N–H and O–H groups in total. The zero-order valence-electron chi connectivity index (χ0n) is 9.63. The Morgan fingerprint density at radius 1 is 1.24 bits per heavy atom. The Kier molecular flexibility index (Phi) is 2.97. The predicted octanol–water partition coefficient (Wildman–Crippen LogP) is 2.99. The molecule has 1 aromatic carbocycles. The first-order chi connectivity index (χ1) is 8.20. The number of nitrogens with one attached hydrogen (secondary N) is 1. The summed E-state index contributed by atoms with van der Waals surface area (Å²) in [5.41, 5.74) is 0.800. The van der Waals surface area contributed by atoms with E-state index in [4.69, 9.17) is 11.6 Å². The maximum Gasteiger partial charge on any atom is 0.126 e. The highest BCUT2D eigenvalue weighted by atomic mass is 35.5. The minimum Gasteiger partial charge on any atom is -0.381 e. The van der Waals surface area contributed by atoms with Gasteiger partial charge in [0.25, 0.3) is 0 Å². The third-order valence-electron chi connectivity index (χ3n) is 3.87. The summed E-state index contributed by atoms with van der Waals surface area (Å²) in [4.78, 5) is 2.47. The molecule has 0 amide bonds. The number of nitrogens with zero attached hydrogens (tertiary/aromatic N) is 1. The van der Waals surface area contributed by atoms with Gasteiger partial charge in [-0.15, -0.1) is 0 Å². The van der Waals surface area contributed by atoms with Gasteiger partial charge < -0.3 is 10.2 Å². The second-order valence-electron chi connectivity index (χ2n) is 5.05. The van der Waals surface area contributed by atoms with Gasteiger partial charge in [0.1, 0.15) is 5.82 Å². The number of anilines is 1. The van der Waals surface area contributed by atoms with Crippen molar-refractivity contribution >= 4 is 17.3 Å². The zero-order chi connectivity index (χ0) is 11.8. The van der Waals surface area contributed by atoms with Gasteiger partial charge in [-0.05, 0) is 50.0 Å². The van der Waals surface area contributed by atoms with Gasteiger partial charge in [0.2, 0.25) is 0 Å². The van der Waals surface area contributed by atoms with E-state index >= 15 is 0 Å². The van der Waals surface area contributed by atoms with Crippen LogP contribution in [0.1, 0.15) is 12.8 Å². The molecule has 4 rings (SSSR count). The number of halogens is 2. The summed E-state index contributed by atoms with van der Waals surface area (Å²) in [5, 5.41) is 3.88. The van der Waals surface area contributed by atoms with Crippen LogP contribution in [0.3, 0.4) is 0 Å². The highest BCUT2D eigenvalue weighted by Gasteiger charge is 2.33. The fraction of sp³-hybridized carbons (Fsp3) is 0.538. The molecular formula is C13H16ClFN2. The van der Waals surface area contributed by atoms with Crippen LogP contribution in [0.15, 0.2) is 18.2 Å². The number of rotatable bonds is 2. The topological polar surface area (TPSA) is 15.3 Å². The van der Waals surface area contributed by atoms with Gasteiger partial charge in [0.05, 0.1) is 0 Å². The molecule has 4 heteroatoms. The molecule has 3 saturated heterocycles. The minimum atomic E-state index is -0.277. The van der Waals surface area contributed by atoms with Crippen molar-refractivity contribution in [2.24, 2.45) is 5.92 Å². The van der Waals surface area contributed by atoms with Crippen molar-refractivity contribution in [3.8, 4) is 0 Å². The van der Waals surface area contributed by atoms with E-state index < -0.39 is 0 Å². The van der Waals surface area contributed by atoms with E-state index in [1.165, 1.54) is 38.1 Å². The van der Waals surface area contributed by atoms with Gasteiger partial charge in [-0.2, -0.15) is 0 Å². The van der Waals surface area contributed by atoms with Gasteiger partial charge in [-0.3, -0.25) is 0 Å². The normalized spacial score (nSPS) is 31.5. The third kappa shape index (κ3) is 2.40. The SMILES string of the molecule is Fc1cc(Cl)cc(NC2CN3CCC2CC3)c1. The third-order valence-corrected chi connectivity index (χ3v) is 4.09. The maximum absolute atomic E-state index is 13.2. The summed E-state index contributed by atoms with van der Waals surface area (Å²) in [6.45, 7) is 3.50. The van der Waals surface area contributed by atoms with Gasteiger partial charge in [-0.25, -0.2) is 4.39 Å². The van der Waals surface area contributed by atoms with Crippen LogP contribution < -0.4 is 5.32 Å².